The van der Waals surface area contributed by atoms with Crippen LogP contribution in [-0.2, 0) is 16.6 Å². The lowest BCUT2D eigenvalue weighted by Gasteiger charge is -2.33. The minimum Gasteiger partial charge on any atom is -0.371 e. The summed E-state index contributed by atoms with van der Waals surface area (Å²) in [5, 5.41) is 0. The van der Waals surface area contributed by atoms with Gasteiger partial charge < -0.3 is 4.90 Å². The third-order valence-corrected chi connectivity index (χ3v) is 8.49. The zero-order chi connectivity index (χ0) is 22.2. The van der Waals surface area contributed by atoms with Crippen LogP contribution in [0, 0.1) is 5.92 Å². The maximum Gasteiger partial charge on any atom is 0.308 e. The molecule has 0 spiro atoms. The SMILES string of the molecule is CCn1c(=O)sc2cc(S(=O)(=O)N[C@@H](C)c3ccc(N4CCC[C@H](C)C4)cc3)ccc21. The van der Waals surface area contributed by atoms with Crippen molar-refractivity contribution >= 4 is 37.3 Å². The summed E-state index contributed by atoms with van der Waals surface area (Å²) in [5.74, 6) is 0.698. The highest BCUT2D eigenvalue weighted by molar-refractivity contribution is 7.89. The summed E-state index contributed by atoms with van der Waals surface area (Å²) in [7, 11) is -3.71. The Bertz CT molecular complexity index is 1230. The van der Waals surface area contributed by atoms with E-state index in [1.807, 2.05) is 26.0 Å². The molecule has 2 atom stereocenters. The fourth-order valence-electron chi connectivity index (χ4n) is 4.28. The fraction of sp³-hybridized carbons (Fsp3) is 0.435. The number of sulfonamides is 1. The van der Waals surface area contributed by atoms with Crippen molar-refractivity contribution in [3.8, 4) is 0 Å². The first-order chi connectivity index (χ1) is 14.8. The van der Waals surface area contributed by atoms with Crippen LogP contribution in [-0.4, -0.2) is 26.1 Å². The molecule has 0 radical (unpaired) electrons. The van der Waals surface area contributed by atoms with Crippen LogP contribution in [0.3, 0.4) is 0 Å². The average Bonchev–Trinajstić information content (AvgIpc) is 3.07. The highest BCUT2D eigenvalue weighted by Gasteiger charge is 2.21. The maximum absolute atomic E-state index is 13.0. The smallest absolute Gasteiger partial charge is 0.308 e. The van der Waals surface area contributed by atoms with Gasteiger partial charge in [-0.3, -0.25) is 9.36 Å². The Balaban J connectivity index is 1.51. The molecule has 3 aromatic rings. The number of aromatic nitrogens is 1. The van der Waals surface area contributed by atoms with Crippen molar-refractivity contribution in [2.24, 2.45) is 5.92 Å². The zero-order valence-electron chi connectivity index (χ0n) is 18.2. The van der Waals surface area contributed by atoms with Crippen LogP contribution in [0.4, 0.5) is 5.69 Å². The third-order valence-electron chi connectivity index (χ3n) is 6.01. The van der Waals surface area contributed by atoms with Gasteiger partial charge in [-0.2, -0.15) is 0 Å². The summed E-state index contributed by atoms with van der Waals surface area (Å²) >= 11 is 1.07. The van der Waals surface area contributed by atoms with E-state index in [0.717, 1.165) is 35.5 Å². The molecule has 2 aromatic carbocycles. The number of nitrogens with zero attached hydrogens (tertiary/aromatic N) is 2. The zero-order valence-corrected chi connectivity index (χ0v) is 19.8. The summed E-state index contributed by atoms with van der Waals surface area (Å²) in [6.45, 7) is 8.73. The predicted molar refractivity (Wildman–Crippen MR) is 128 cm³/mol. The van der Waals surface area contributed by atoms with E-state index in [4.69, 9.17) is 0 Å². The van der Waals surface area contributed by atoms with Crippen LogP contribution in [0.1, 0.15) is 45.2 Å². The van der Waals surface area contributed by atoms with Crippen molar-refractivity contribution in [1.82, 2.24) is 9.29 Å². The lowest BCUT2D eigenvalue weighted by Crippen LogP contribution is -2.34. The molecular weight excluding hydrogens is 430 g/mol. The summed E-state index contributed by atoms with van der Waals surface area (Å²) < 4.78 is 31.0. The molecule has 1 saturated heterocycles. The summed E-state index contributed by atoms with van der Waals surface area (Å²) in [6, 6.07) is 12.7. The molecule has 1 aliphatic heterocycles. The quantitative estimate of drug-likeness (QED) is 0.595. The molecule has 0 bridgehead atoms. The molecular formula is C23H29N3O3S2. The van der Waals surface area contributed by atoms with E-state index in [1.165, 1.54) is 18.5 Å². The molecule has 1 aliphatic rings. The van der Waals surface area contributed by atoms with Crippen molar-refractivity contribution in [2.75, 3.05) is 18.0 Å². The topological polar surface area (TPSA) is 71.4 Å². The molecule has 0 saturated carbocycles. The number of benzene rings is 2. The number of anilines is 1. The summed E-state index contributed by atoms with van der Waals surface area (Å²) in [6.07, 6.45) is 2.49. The van der Waals surface area contributed by atoms with Crippen molar-refractivity contribution < 1.29 is 8.42 Å². The molecule has 6 nitrogen and oxygen atoms in total. The van der Waals surface area contributed by atoms with Crippen molar-refractivity contribution in [3.63, 3.8) is 0 Å². The van der Waals surface area contributed by atoms with Crippen LogP contribution >= 0.6 is 11.3 Å². The molecule has 8 heteroatoms. The Labute approximate surface area is 187 Å². The van der Waals surface area contributed by atoms with Gasteiger partial charge in [0.2, 0.25) is 10.0 Å². The molecule has 1 aromatic heterocycles. The van der Waals surface area contributed by atoms with Crippen molar-refractivity contribution in [1.29, 1.82) is 0 Å². The van der Waals surface area contributed by atoms with Crippen LogP contribution < -0.4 is 14.5 Å². The van der Waals surface area contributed by atoms with Gasteiger partial charge in [0.05, 0.1) is 15.1 Å². The molecule has 1 N–H and O–H groups in total. The first-order valence-electron chi connectivity index (χ1n) is 10.8. The highest BCUT2D eigenvalue weighted by atomic mass is 32.2. The number of piperidine rings is 1. The Morgan fingerprint density at radius 3 is 2.61 bits per heavy atom. The second kappa shape index (κ2) is 8.76. The van der Waals surface area contributed by atoms with E-state index >= 15 is 0 Å². The number of fused-ring (bicyclic) bond motifs is 1. The van der Waals surface area contributed by atoms with Gasteiger partial charge in [0.25, 0.3) is 0 Å². The normalized spacial score (nSPS) is 18.4. The summed E-state index contributed by atoms with van der Waals surface area (Å²) in [4.78, 5) is 14.6. The van der Waals surface area contributed by atoms with Crippen LogP contribution in [0.25, 0.3) is 10.2 Å². The number of aryl methyl sites for hydroxylation is 1. The Kier molecular flexibility index (Phi) is 6.23. The minimum absolute atomic E-state index is 0.0726. The second-order valence-corrected chi connectivity index (χ2v) is 11.1. The van der Waals surface area contributed by atoms with Gasteiger partial charge in [-0.1, -0.05) is 30.4 Å². The Morgan fingerprint density at radius 2 is 1.94 bits per heavy atom. The standard InChI is InChI=1S/C23H29N3O3S2/c1-4-26-21-12-11-20(14-22(21)30-23(26)27)31(28,29)24-17(3)18-7-9-19(10-8-18)25-13-5-6-16(2)15-25/h7-12,14,16-17,24H,4-6,13,15H2,1-3H3/t16-,17-/m0/s1. The summed E-state index contributed by atoms with van der Waals surface area (Å²) in [5.41, 5.74) is 2.87. The third kappa shape index (κ3) is 4.56. The molecule has 1 fully saturated rings. The van der Waals surface area contributed by atoms with E-state index in [2.05, 4.69) is 28.7 Å². The van der Waals surface area contributed by atoms with E-state index in [-0.39, 0.29) is 15.8 Å². The van der Waals surface area contributed by atoms with Gasteiger partial charge in [0.1, 0.15) is 0 Å². The minimum atomic E-state index is -3.71. The van der Waals surface area contributed by atoms with Gasteiger partial charge in [-0.25, -0.2) is 13.1 Å². The number of thiazole rings is 1. The van der Waals surface area contributed by atoms with Gasteiger partial charge in [-0.05, 0) is 68.5 Å². The van der Waals surface area contributed by atoms with E-state index in [9.17, 15) is 13.2 Å². The maximum atomic E-state index is 13.0. The molecule has 0 aliphatic carbocycles. The number of rotatable bonds is 6. The fourth-order valence-corrected chi connectivity index (χ4v) is 6.61. The molecule has 0 unspecified atom stereocenters. The Morgan fingerprint density at radius 1 is 1.19 bits per heavy atom. The van der Waals surface area contributed by atoms with E-state index in [1.54, 1.807) is 22.8 Å². The number of nitrogens with one attached hydrogen (secondary N) is 1. The van der Waals surface area contributed by atoms with Crippen LogP contribution in [0.5, 0.6) is 0 Å². The lowest BCUT2D eigenvalue weighted by molar-refractivity contribution is 0.447. The van der Waals surface area contributed by atoms with Gasteiger partial charge in [0.15, 0.2) is 0 Å². The van der Waals surface area contributed by atoms with Crippen LogP contribution in [0.2, 0.25) is 0 Å². The first-order valence-corrected chi connectivity index (χ1v) is 13.1. The molecule has 166 valence electrons. The number of hydrogen-bond acceptors (Lipinski definition) is 5. The van der Waals surface area contributed by atoms with Crippen molar-refractivity contribution in [3.05, 3.63) is 57.7 Å². The second-order valence-electron chi connectivity index (χ2n) is 8.37. The molecule has 31 heavy (non-hydrogen) atoms. The Hall–Kier alpha value is -2.16. The molecule has 2 heterocycles. The molecule has 0 amide bonds. The van der Waals surface area contributed by atoms with Gasteiger partial charge >= 0.3 is 4.87 Å². The largest absolute Gasteiger partial charge is 0.371 e. The van der Waals surface area contributed by atoms with Gasteiger partial charge in [0, 0.05) is 31.4 Å². The van der Waals surface area contributed by atoms with E-state index < -0.39 is 10.0 Å². The number of hydrogen-bond donors (Lipinski definition) is 1. The van der Waals surface area contributed by atoms with Crippen LogP contribution in [0.15, 0.2) is 52.2 Å². The first kappa shape index (κ1) is 22.0. The highest BCUT2D eigenvalue weighted by Crippen LogP contribution is 2.26. The lowest BCUT2D eigenvalue weighted by atomic mass is 9.99. The van der Waals surface area contributed by atoms with Crippen molar-refractivity contribution in [2.45, 2.75) is 51.1 Å². The average molecular weight is 460 g/mol. The predicted octanol–water partition coefficient (Wildman–Crippen LogP) is 4.36. The molecule has 4 rings (SSSR count). The monoisotopic (exact) mass is 459 g/mol. The van der Waals surface area contributed by atoms with E-state index in [0.29, 0.717) is 17.2 Å². The van der Waals surface area contributed by atoms with Gasteiger partial charge in [-0.15, -0.1) is 0 Å².